The zero-order valence-corrected chi connectivity index (χ0v) is 13.9. The molecule has 4 rings (SSSR count). The largest absolute Gasteiger partial charge is 0.295 e. The van der Waals surface area contributed by atoms with Crippen LogP contribution in [0.4, 0.5) is 0 Å². The van der Waals surface area contributed by atoms with Crippen molar-refractivity contribution in [1.29, 1.82) is 0 Å². The maximum atomic E-state index is 12.5. The van der Waals surface area contributed by atoms with Crippen molar-refractivity contribution in [1.82, 2.24) is 15.4 Å². The SMILES string of the molecule is CCCC[C@@]12CCC(=O)C(CC)=C1c1ccc3n[nH]nc3c1C2. The van der Waals surface area contributed by atoms with Gasteiger partial charge in [-0.2, -0.15) is 15.4 Å². The topological polar surface area (TPSA) is 58.6 Å². The Morgan fingerprint density at radius 3 is 2.91 bits per heavy atom. The van der Waals surface area contributed by atoms with Crippen LogP contribution in [0.1, 0.15) is 63.5 Å². The minimum Gasteiger partial charge on any atom is -0.295 e. The second kappa shape index (κ2) is 5.29. The van der Waals surface area contributed by atoms with Gasteiger partial charge in [-0.25, -0.2) is 0 Å². The fraction of sp³-hybridized carbons (Fsp3) is 0.526. The van der Waals surface area contributed by atoms with Crippen LogP contribution in [0.2, 0.25) is 0 Å². The standard InChI is InChI=1S/C19H23N3O/c1-3-5-9-19-10-8-16(23)12(4-2)17(19)13-6-7-15-18(14(13)11-19)21-22-20-15/h6-7H,3-5,8-11H2,1-2H3,(H,20,21,22)/t19-/m0/s1. The summed E-state index contributed by atoms with van der Waals surface area (Å²) < 4.78 is 0. The van der Waals surface area contributed by atoms with Crippen molar-refractivity contribution in [2.75, 3.05) is 0 Å². The molecule has 0 fully saturated rings. The lowest BCUT2D eigenvalue weighted by molar-refractivity contribution is -0.116. The Bertz CT molecular complexity index is 817. The molecule has 120 valence electrons. The summed E-state index contributed by atoms with van der Waals surface area (Å²) in [6.45, 7) is 4.36. The summed E-state index contributed by atoms with van der Waals surface area (Å²) in [6.07, 6.45) is 7.11. The van der Waals surface area contributed by atoms with Gasteiger partial charge in [0.25, 0.3) is 0 Å². The number of H-pyrrole nitrogens is 1. The molecule has 0 radical (unpaired) electrons. The molecule has 2 aliphatic carbocycles. The highest BCUT2D eigenvalue weighted by Gasteiger charge is 2.46. The van der Waals surface area contributed by atoms with Crippen LogP contribution in [0.15, 0.2) is 17.7 Å². The molecule has 1 heterocycles. The molecule has 0 aliphatic heterocycles. The van der Waals surface area contributed by atoms with Crippen LogP contribution in [-0.4, -0.2) is 21.2 Å². The third-order valence-electron chi connectivity index (χ3n) is 5.74. The molecule has 0 bridgehead atoms. The van der Waals surface area contributed by atoms with E-state index in [-0.39, 0.29) is 5.41 Å². The molecule has 1 atom stereocenters. The van der Waals surface area contributed by atoms with E-state index in [0.717, 1.165) is 35.9 Å². The minimum absolute atomic E-state index is 0.144. The van der Waals surface area contributed by atoms with Crippen LogP contribution in [0.3, 0.4) is 0 Å². The number of fused-ring (bicyclic) bond motifs is 5. The number of allylic oxidation sites excluding steroid dienone is 2. The highest BCUT2D eigenvalue weighted by molar-refractivity contribution is 6.07. The first-order chi connectivity index (χ1) is 11.2. The molecule has 0 unspecified atom stereocenters. The Kier molecular flexibility index (Phi) is 3.36. The molecule has 2 aromatic rings. The summed E-state index contributed by atoms with van der Waals surface area (Å²) in [7, 11) is 0. The van der Waals surface area contributed by atoms with E-state index < -0.39 is 0 Å². The number of hydrogen-bond acceptors (Lipinski definition) is 3. The van der Waals surface area contributed by atoms with Crippen LogP contribution in [0.25, 0.3) is 16.6 Å². The van der Waals surface area contributed by atoms with Crippen molar-refractivity contribution in [2.24, 2.45) is 5.41 Å². The number of unbranched alkanes of at least 4 members (excludes halogenated alkanes) is 1. The Labute approximate surface area is 136 Å². The lowest BCUT2D eigenvalue weighted by atomic mass is 9.67. The lowest BCUT2D eigenvalue weighted by Gasteiger charge is -2.36. The number of benzene rings is 1. The van der Waals surface area contributed by atoms with Crippen molar-refractivity contribution >= 4 is 22.4 Å². The maximum absolute atomic E-state index is 12.5. The van der Waals surface area contributed by atoms with Gasteiger partial charge in [-0.05, 0) is 54.0 Å². The molecule has 4 nitrogen and oxygen atoms in total. The number of rotatable bonds is 4. The first-order valence-corrected chi connectivity index (χ1v) is 8.79. The van der Waals surface area contributed by atoms with Crippen LogP contribution in [-0.2, 0) is 11.2 Å². The molecule has 1 aromatic carbocycles. The van der Waals surface area contributed by atoms with Gasteiger partial charge < -0.3 is 0 Å². The van der Waals surface area contributed by atoms with Crippen molar-refractivity contribution in [3.63, 3.8) is 0 Å². The fourth-order valence-corrected chi connectivity index (χ4v) is 4.66. The normalized spacial score (nSPS) is 23.5. The van der Waals surface area contributed by atoms with Gasteiger partial charge in [0, 0.05) is 11.8 Å². The molecule has 1 aromatic heterocycles. The predicted octanol–water partition coefficient (Wildman–Crippen LogP) is 4.22. The van der Waals surface area contributed by atoms with E-state index in [1.54, 1.807) is 0 Å². The smallest absolute Gasteiger partial charge is 0.159 e. The number of carbonyl (C=O) groups excluding carboxylic acids is 1. The third kappa shape index (κ3) is 2.00. The predicted molar refractivity (Wildman–Crippen MR) is 91.0 cm³/mol. The Morgan fingerprint density at radius 1 is 1.26 bits per heavy atom. The monoisotopic (exact) mass is 309 g/mol. The van der Waals surface area contributed by atoms with Crippen LogP contribution in [0, 0.1) is 5.41 Å². The molecule has 0 spiro atoms. The van der Waals surface area contributed by atoms with Gasteiger partial charge >= 0.3 is 0 Å². The second-order valence-electron chi connectivity index (χ2n) is 6.97. The molecule has 4 heteroatoms. The number of carbonyl (C=O) groups is 1. The van der Waals surface area contributed by atoms with Crippen LogP contribution in [0.5, 0.6) is 0 Å². The van der Waals surface area contributed by atoms with E-state index in [2.05, 4.69) is 35.3 Å². The van der Waals surface area contributed by atoms with Gasteiger partial charge in [0.1, 0.15) is 11.0 Å². The number of nitrogens with one attached hydrogen (secondary N) is 1. The molecule has 1 N–H and O–H groups in total. The quantitative estimate of drug-likeness (QED) is 0.920. The number of aromatic amines is 1. The number of aromatic nitrogens is 3. The Morgan fingerprint density at radius 2 is 2.13 bits per heavy atom. The number of ketones is 1. The van der Waals surface area contributed by atoms with E-state index in [1.807, 2.05) is 6.07 Å². The summed E-state index contributed by atoms with van der Waals surface area (Å²) in [5.41, 5.74) is 7.01. The van der Waals surface area contributed by atoms with Crippen molar-refractivity contribution in [2.45, 2.75) is 58.8 Å². The Balaban J connectivity index is 1.97. The molecule has 0 amide bonds. The zero-order valence-electron chi connectivity index (χ0n) is 13.9. The zero-order chi connectivity index (χ0) is 16.0. The Hall–Kier alpha value is -1.97. The van der Waals surface area contributed by atoms with Crippen molar-refractivity contribution in [3.05, 3.63) is 28.8 Å². The minimum atomic E-state index is 0.144. The maximum Gasteiger partial charge on any atom is 0.159 e. The highest BCUT2D eigenvalue weighted by atomic mass is 16.1. The summed E-state index contributed by atoms with van der Waals surface area (Å²) in [5, 5.41) is 11.4. The first-order valence-electron chi connectivity index (χ1n) is 8.79. The van der Waals surface area contributed by atoms with Gasteiger partial charge in [-0.3, -0.25) is 4.79 Å². The molecular formula is C19H23N3O. The summed E-state index contributed by atoms with van der Waals surface area (Å²) >= 11 is 0. The third-order valence-corrected chi connectivity index (χ3v) is 5.74. The summed E-state index contributed by atoms with van der Waals surface area (Å²) in [6, 6.07) is 4.20. The number of nitrogens with zero attached hydrogens (tertiary/aromatic N) is 2. The molecule has 2 aliphatic rings. The van der Waals surface area contributed by atoms with Gasteiger partial charge in [0.05, 0.1) is 0 Å². The van der Waals surface area contributed by atoms with Crippen molar-refractivity contribution < 1.29 is 4.79 Å². The molecular weight excluding hydrogens is 286 g/mol. The second-order valence-corrected chi connectivity index (χ2v) is 6.97. The average Bonchev–Trinajstić information content (AvgIpc) is 3.15. The lowest BCUT2D eigenvalue weighted by Crippen LogP contribution is -2.28. The average molecular weight is 309 g/mol. The molecule has 0 saturated heterocycles. The summed E-state index contributed by atoms with van der Waals surface area (Å²) in [4.78, 5) is 12.5. The van der Waals surface area contributed by atoms with E-state index in [4.69, 9.17) is 0 Å². The molecule has 0 saturated carbocycles. The van der Waals surface area contributed by atoms with E-state index >= 15 is 0 Å². The number of hydrogen-bond donors (Lipinski definition) is 1. The fourth-order valence-electron chi connectivity index (χ4n) is 4.66. The van der Waals surface area contributed by atoms with Gasteiger partial charge in [-0.1, -0.05) is 32.8 Å². The van der Waals surface area contributed by atoms with E-state index in [9.17, 15) is 4.79 Å². The van der Waals surface area contributed by atoms with Crippen LogP contribution >= 0.6 is 0 Å². The highest BCUT2D eigenvalue weighted by Crippen LogP contribution is 2.57. The number of Topliss-reactive ketones (excluding diaryl/α,β-unsaturated/α-hetero) is 1. The van der Waals surface area contributed by atoms with Gasteiger partial charge in [0.15, 0.2) is 5.78 Å². The van der Waals surface area contributed by atoms with Crippen LogP contribution < -0.4 is 0 Å². The summed E-state index contributed by atoms with van der Waals surface area (Å²) in [5.74, 6) is 0.350. The van der Waals surface area contributed by atoms with Gasteiger partial charge in [0.2, 0.25) is 0 Å². The van der Waals surface area contributed by atoms with E-state index in [1.165, 1.54) is 36.0 Å². The first kappa shape index (κ1) is 14.6. The van der Waals surface area contributed by atoms with E-state index in [0.29, 0.717) is 12.2 Å². The van der Waals surface area contributed by atoms with Crippen molar-refractivity contribution in [3.8, 4) is 0 Å². The van der Waals surface area contributed by atoms with Gasteiger partial charge in [-0.15, -0.1) is 0 Å². The molecule has 23 heavy (non-hydrogen) atoms.